The Bertz CT molecular complexity index is 898. The van der Waals surface area contributed by atoms with Crippen molar-refractivity contribution in [2.75, 3.05) is 13.1 Å². The molecule has 1 saturated heterocycles. The van der Waals surface area contributed by atoms with E-state index in [9.17, 15) is 13.2 Å². The van der Waals surface area contributed by atoms with Crippen molar-refractivity contribution in [3.63, 3.8) is 0 Å². The summed E-state index contributed by atoms with van der Waals surface area (Å²) in [6, 6.07) is 9.27. The average Bonchev–Trinajstić information content (AvgIpc) is 2.96. The lowest BCUT2D eigenvalue weighted by molar-refractivity contribution is -0.125. The number of unbranched alkanes of at least 4 members (excludes halogenated alkanes) is 1. The van der Waals surface area contributed by atoms with Crippen LogP contribution in [0.15, 0.2) is 40.3 Å². The monoisotopic (exact) mass is 417 g/mol. The van der Waals surface area contributed by atoms with Gasteiger partial charge in [-0.25, -0.2) is 0 Å². The van der Waals surface area contributed by atoms with E-state index in [0.717, 1.165) is 32.1 Å². The summed E-state index contributed by atoms with van der Waals surface area (Å²) in [4.78, 5) is 14.7. The van der Waals surface area contributed by atoms with Crippen LogP contribution in [0.3, 0.4) is 0 Å². The molecule has 1 N–H and O–H groups in total. The van der Waals surface area contributed by atoms with E-state index in [0.29, 0.717) is 35.0 Å². The summed E-state index contributed by atoms with van der Waals surface area (Å²) in [7, 11) is -3.68. The van der Waals surface area contributed by atoms with Crippen molar-refractivity contribution in [1.29, 1.82) is 0 Å². The molecule has 1 fully saturated rings. The molecule has 0 unspecified atom stereocenters. The molecule has 0 aliphatic carbocycles. The third kappa shape index (κ3) is 4.89. The van der Waals surface area contributed by atoms with E-state index in [1.165, 1.54) is 0 Å². The molecular formula is C22H31N3O3S. The summed E-state index contributed by atoms with van der Waals surface area (Å²) in [6.07, 6.45) is 4.66. The number of amides is 1. The van der Waals surface area contributed by atoms with Crippen LogP contribution in [0.5, 0.6) is 0 Å². The minimum atomic E-state index is -3.68. The number of nitrogens with zero attached hydrogens (tertiary/aromatic N) is 2. The lowest BCUT2D eigenvalue weighted by atomic mass is 10.00. The Hall–Kier alpha value is -2.15. The fourth-order valence-electron chi connectivity index (χ4n) is 3.99. The van der Waals surface area contributed by atoms with Gasteiger partial charge in [-0.15, -0.1) is 4.40 Å². The van der Waals surface area contributed by atoms with Gasteiger partial charge in [0, 0.05) is 30.6 Å². The Labute approximate surface area is 174 Å². The molecule has 2 heterocycles. The molecule has 0 saturated carbocycles. The van der Waals surface area contributed by atoms with Crippen molar-refractivity contribution in [3.05, 3.63) is 41.5 Å². The van der Waals surface area contributed by atoms with Crippen molar-refractivity contribution < 1.29 is 13.2 Å². The maximum Gasteiger partial charge on any atom is 0.285 e. The zero-order valence-electron chi connectivity index (χ0n) is 17.5. The van der Waals surface area contributed by atoms with Crippen LogP contribution in [-0.4, -0.2) is 44.2 Å². The summed E-state index contributed by atoms with van der Waals surface area (Å²) in [5.41, 5.74) is 1.37. The minimum absolute atomic E-state index is 0.0379. The highest BCUT2D eigenvalue weighted by Gasteiger charge is 2.35. The van der Waals surface area contributed by atoms with Crippen molar-refractivity contribution >= 4 is 26.7 Å². The molecule has 29 heavy (non-hydrogen) atoms. The van der Waals surface area contributed by atoms with E-state index in [1.807, 2.05) is 36.9 Å². The number of piperidine rings is 1. The zero-order chi connectivity index (χ0) is 21.0. The second-order valence-electron chi connectivity index (χ2n) is 8.02. The smallest absolute Gasteiger partial charge is 0.285 e. The summed E-state index contributed by atoms with van der Waals surface area (Å²) in [5, 5.41) is 3.17. The number of nitrogens with one attached hydrogen (secondary N) is 1. The number of benzene rings is 1. The standard InChI is InChI=1S/C22H31N3O3S/c1-4-5-9-16(2)22(26)23-19-12-14-25(15-13-19)21-17(3)20(29(27,28)24-21)18-10-7-6-8-11-18/h6-8,10-11,16,19H,4-5,9,12-15H2,1-3H3,(H,23,26)/t16-/m1/s1. The predicted molar refractivity (Wildman–Crippen MR) is 117 cm³/mol. The number of likely N-dealkylation sites (tertiary alicyclic amines) is 1. The number of rotatable bonds is 6. The van der Waals surface area contributed by atoms with Gasteiger partial charge in [-0.1, -0.05) is 57.0 Å². The number of carbonyl (C=O) groups is 1. The molecule has 7 heteroatoms. The molecule has 0 bridgehead atoms. The largest absolute Gasteiger partial charge is 0.356 e. The first-order valence-corrected chi connectivity index (χ1v) is 11.9. The first-order chi connectivity index (χ1) is 13.8. The maximum absolute atomic E-state index is 12.7. The first-order valence-electron chi connectivity index (χ1n) is 10.5. The Morgan fingerprint density at radius 2 is 1.90 bits per heavy atom. The fourth-order valence-corrected chi connectivity index (χ4v) is 5.48. The van der Waals surface area contributed by atoms with Crippen LogP contribution in [0.2, 0.25) is 0 Å². The number of hydrogen-bond donors (Lipinski definition) is 1. The first kappa shape index (κ1) is 21.6. The predicted octanol–water partition coefficient (Wildman–Crippen LogP) is 3.57. The van der Waals surface area contributed by atoms with Crippen LogP contribution < -0.4 is 5.32 Å². The van der Waals surface area contributed by atoms with Gasteiger partial charge in [0.2, 0.25) is 5.91 Å². The SMILES string of the molecule is CCCC[C@@H](C)C(=O)NC1CCN(C2=NS(=O)(=O)C(c3ccccc3)=C2C)CC1. The summed E-state index contributed by atoms with van der Waals surface area (Å²) < 4.78 is 29.4. The topological polar surface area (TPSA) is 78.8 Å². The van der Waals surface area contributed by atoms with Crippen LogP contribution in [0.1, 0.15) is 58.4 Å². The molecule has 1 aromatic rings. The van der Waals surface area contributed by atoms with E-state index in [4.69, 9.17) is 0 Å². The molecular weight excluding hydrogens is 386 g/mol. The second-order valence-corrected chi connectivity index (χ2v) is 9.56. The van der Waals surface area contributed by atoms with Gasteiger partial charge in [0.15, 0.2) is 0 Å². The van der Waals surface area contributed by atoms with Gasteiger partial charge in [0.1, 0.15) is 10.7 Å². The van der Waals surface area contributed by atoms with Crippen LogP contribution >= 0.6 is 0 Å². The van der Waals surface area contributed by atoms with Gasteiger partial charge in [-0.2, -0.15) is 8.42 Å². The maximum atomic E-state index is 12.7. The zero-order valence-corrected chi connectivity index (χ0v) is 18.3. The van der Waals surface area contributed by atoms with Gasteiger partial charge < -0.3 is 10.2 Å². The van der Waals surface area contributed by atoms with Gasteiger partial charge in [0.25, 0.3) is 10.0 Å². The number of hydrogen-bond acceptors (Lipinski definition) is 4. The highest BCUT2D eigenvalue weighted by molar-refractivity contribution is 8.00. The number of carbonyl (C=O) groups excluding carboxylic acids is 1. The highest BCUT2D eigenvalue weighted by Crippen LogP contribution is 2.34. The van der Waals surface area contributed by atoms with Crippen molar-refractivity contribution in [1.82, 2.24) is 10.2 Å². The molecule has 6 nitrogen and oxygen atoms in total. The third-order valence-electron chi connectivity index (χ3n) is 5.76. The molecule has 158 valence electrons. The van der Waals surface area contributed by atoms with Crippen molar-refractivity contribution in [2.24, 2.45) is 10.3 Å². The lowest BCUT2D eigenvalue weighted by Crippen LogP contribution is -2.47. The lowest BCUT2D eigenvalue weighted by Gasteiger charge is -2.34. The normalized spacial score (nSPS) is 20.5. The molecule has 1 amide bonds. The Morgan fingerprint density at radius 3 is 2.52 bits per heavy atom. The van der Waals surface area contributed by atoms with Crippen LogP contribution in [0, 0.1) is 5.92 Å². The molecule has 2 aliphatic heterocycles. The molecule has 3 rings (SSSR count). The van der Waals surface area contributed by atoms with E-state index in [1.54, 1.807) is 12.1 Å². The van der Waals surface area contributed by atoms with E-state index in [-0.39, 0.29) is 17.9 Å². The van der Waals surface area contributed by atoms with Gasteiger partial charge in [-0.05, 0) is 31.7 Å². The van der Waals surface area contributed by atoms with E-state index < -0.39 is 10.0 Å². The number of amidine groups is 1. The van der Waals surface area contributed by atoms with E-state index in [2.05, 4.69) is 16.6 Å². The van der Waals surface area contributed by atoms with Gasteiger partial charge in [-0.3, -0.25) is 4.79 Å². The molecule has 0 spiro atoms. The second kappa shape index (κ2) is 9.11. The highest BCUT2D eigenvalue weighted by atomic mass is 32.2. The molecule has 0 radical (unpaired) electrons. The molecule has 0 aromatic heterocycles. The van der Waals surface area contributed by atoms with Crippen molar-refractivity contribution in [2.45, 2.75) is 58.9 Å². The van der Waals surface area contributed by atoms with Crippen LogP contribution in [-0.2, 0) is 14.8 Å². The summed E-state index contributed by atoms with van der Waals surface area (Å²) in [6.45, 7) is 7.31. The summed E-state index contributed by atoms with van der Waals surface area (Å²) >= 11 is 0. The van der Waals surface area contributed by atoms with Crippen LogP contribution in [0.25, 0.3) is 4.91 Å². The Morgan fingerprint density at radius 1 is 1.24 bits per heavy atom. The Balaban J connectivity index is 1.64. The van der Waals surface area contributed by atoms with Gasteiger partial charge >= 0.3 is 0 Å². The fraction of sp³-hybridized carbons (Fsp3) is 0.545. The van der Waals surface area contributed by atoms with E-state index >= 15 is 0 Å². The molecule has 1 atom stereocenters. The third-order valence-corrected chi connectivity index (χ3v) is 7.23. The van der Waals surface area contributed by atoms with Crippen LogP contribution in [0.4, 0.5) is 0 Å². The number of sulfonamides is 1. The minimum Gasteiger partial charge on any atom is -0.356 e. The average molecular weight is 418 g/mol. The quantitative estimate of drug-likeness (QED) is 0.767. The molecule has 1 aromatic carbocycles. The summed E-state index contributed by atoms with van der Waals surface area (Å²) in [5.74, 6) is 0.709. The van der Waals surface area contributed by atoms with Gasteiger partial charge in [0.05, 0.1) is 0 Å². The van der Waals surface area contributed by atoms with Crippen molar-refractivity contribution in [3.8, 4) is 0 Å². The molecule has 2 aliphatic rings. The Kier molecular flexibility index (Phi) is 6.77.